The van der Waals surface area contributed by atoms with Gasteiger partial charge in [0.1, 0.15) is 0 Å². The summed E-state index contributed by atoms with van der Waals surface area (Å²) in [6, 6.07) is 5.42. The van der Waals surface area contributed by atoms with Gasteiger partial charge >= 0.3 is 0 Å². The van der Waals surface area contributed by atoms with E-state index in [1.807, 2.05) is 31.1 Å². The molecule has 0 saturated heterocycles. The maximum atomic E-state index is 11.6. The molecule has 0 saturated carbocycles. The van der Waals surface area contributed by atoms with Crippen molar-refractivity contribution in [2.45, 2.75) is 6.92 Å². The van der Waals surface area contributed by atoms with E-state index in [1.165, 1.54) is 0 Å². The molecule has 3 nitrogen and oxygen atoms in total. The van der Waals surface area contributed by atoms with E-state index in [1.54, 1.807) is 13.0 Å². The fourth-order valence-corrected chi connectivity index (χ4v) is 1.77. The normalized spacial score (nSPS) is 12.1. The minimum atomic E-state index is -0.219. The molecule has 0 aliphatic carbocycles. The molecule has 0 heterocycles. The Kier molecular flexibility index (Phi) is 5.09. The Morgan fingerprint density at radius 2 is 2.12 bits per heavy atom. The van der Waals surface area contributed by atoms with Crippen molar-refractivity contribution in [3.8, 4) is 0 Å². The minimum absolute atomic E-state index is 0.103. The molecule has 0 aromatic heterocycles. The number of benzene rings is 1. The fourth-order valence-electron chi connectivity index (χ4n) is 1.28. The second-order valence-electron chi connectivity index (χ2n) is 4.11. The minimum Gasteiger partial charge on any atom is -0.376 e. The highest BCUT2D eigenvalue weighted by atomic mass is 35.5. The Balaban J connectivity index is 2.81. The van der Waals surface area contributed by atoms with Gasteiger partial charge in [-0.2, -0.15) is 0 Å². The first-order chi connectivity index (χ1) is 7.95. The largest absolute Gasteiger partial charge is 0.376 e. The van der Waals surface area contributed by atoms with Crippen LogP contribution in [0.5, 0.6) is 0 Å². The van der Waals surface area contributed by atoms with Crippen LogP contribution in [0.1, 0.15) is 6.92 Å². The van der Waals surface area contributed by atoms with Crippen molar-refractivity contribution in [3.05, 3.63) is 23.2 Å². The third-order valence-electron chi connectivity index (χ3n) is 2.38. The zero-order valence-electron chi connectivity index (χ0n) is 10.1. The van der Waals surface area contributed by atoms with Crippen molar-refractivity contribution >= 4 is 40.5 Å². The van der Waals surface area contributed by atoms with Gasteiger partial charge in [-0.05, 0) is 18.2 Å². The summed E-state index contributed by atoms with van der Waals surface area (Å²) < 4.78 is 0. The highest BCUT2D eigenvalue weighted by Gasteiger charge is 2.12. The fraction of sp³-hybridized carbons (Fsp3) is 0.417. The average molecular weight is 275 g/mol. The van der Waals surface area contributed by atoms with Crippen molar-refractivity contribution in [3.63, 3.8) is 0 Å². The number of halogens is 2. The van der Waals surface area contributed by atoms with Gasteiger partial charge < -0.3 is 10.2 Å². The van der Waals surface area contributed by atoms with Gasteiger partial charge in [-0.3, -0.25) is 4.79 Å². The van der Waals surface area contributed by atoms with Crippen LogP contribution in [0.2, 0.25) is 5.02 Å². The highest BCUT2D eigenvalue weighted by molar-refractivity contribution is 6.33. The van der Waals surface area contributed by atoms with Gasteiger partial charge in [0.05, 0.1) is 10.7 Å². The zero-order valence-corrected chi connectivity index (χ0v) is 11.6. The standard InChI is InChI=1S/C12H16Cl2N2O/c1-8(7-13)12(17)15-9-4-5-11(16(2)3)10(14)6-9/h4-6,8H,7H2,1-3H3,(H,15,17). The van der Waals surface area contributed by atoms with E-state index in [0.717, 1.165) is 5.69 Å². The summed E-state index contributed by atoms with van der Waals surface area (Å²) in [5.74, 6) is -0.0207. The molecular weight excluding hydrogens is 259 g/mol. The number of carbonyl (C=O) groups is 1. The lowest BCUT2D eigenvalue weighted by molar-refractivity contribution is -0.118. The molecule has 0 aliphatic heterocycles. The van der Waals surface area contributed by atoms with Crippen molar-refractivity contribution in [2.75, 3.05) is 30.2 Å². The zero-order chi connectivity index (χ0) is 13.0. The van der Waals surface area contributed by atoms with Crippen molar-refractivity contribution in [1.82, 2.24) is 0 Å². The first kappa shape index (κ1) is 14.1. The lowest BCUT2D eigenvalue weighted by Gasteiger charge is -2.16. The number of hydrogen-bond acceptors (Lipinski definition) is 2. The number of rotatable bonds is 4. The van der Waals surface area contributed by atoms with Gasteiger partial charge in [-0.15, -0.1) is 11.6 Å². The van der Waals surface area contributed by atoms with Crippen LogP contribution in [0.15, 0.2) is 18.2 Å². The van der Waals surface area contributed by atoms with Crippen molar-refractivity contribution in [2.24, 2.45) is 5.92 Å². The van der Waals surface area contributed by atoms with Crippen LogP contribution in [-0.4, -0.2) is 25.9 Å². The molecule has 1 rings (SSSR count). The second-order valence-corrected chi connectivity index (χ2v) is 4.82. The number of anilines is 2. The maximum absolute atomic E-state index is 11.6. The number of hydrogen-bond donors (Lipinski definition) is 1. The monoisotopic (exact) mass is 274 g/mol. The summed E-state index contributed by atoms with van der Waals surface area (Å²) in [6.07, 6.45) is 0. The second kappa shape index (κ2) is 6.12. The summed E-state index contributed by atoms with van der Waals surface area (Å²) >= 11 is 11.7. The predicted octanol–water partition coefficient (Wildman–Crippen LogP) is 3.22. The molecule has 0 radical (unpaired) electrons. The molecule has 0 bridgehead atoms. The van der Waals surface area contributed by atoms with E-state index in [2.05, 4.69) is 5.32 Å². The molecule has 0 aliphatic rings. The van der Waals surface area contributed by atoms with E-state index < -0.39 is 0 Å². The predicted molar refractivity (Wildman–Crippen MR) is 74.3 cm³/mol. The Hall–Kier alpha value is -0.930. The highest BCUT2D eigenvalue weighted by Crippen LogP contribution is 2.27. The van der Waals surface area contributed by atoms with Crippen LogP contribution in [-0.2, 0) is 4.79 Å². The van der Waals surface area contributed by atoms with E-state index in [-0.39, 0.29) is 11.8 Å². The van der Waals surface area contributed by atoms with Gasteiger partial charge in [0.15, 0.2) is 0 Å². The summed E-state index contributed by atoms with van der Waals surface area (Å²) in [4.78, 5) is 13.5. The molecular formula is C12H16Cl2N2O. The quantitative estimate of drug-likeness (QED) is 0.856. The van der Waals surface area contributed by atoms with E-state index in [4.69, 9.17) is 23.2 Å². The molecule has 0 fully saturated rings. The summed E-state index contributed by atoms with van der Waals surface area (Å²) in [6.45, 7) is 1.78. The molecule has 1 aromatic carbocycles. The topological polar surface area (TPSA) is 32.3 Å². The van der Waals surface area contributed by atoms with Gasteiger partial charge in [-0.1, -0.05) is 18.5 Å². The van der Waals surface area contributed by atoms with Crippen LogP contribution < -0.4 is 10.2 Å². The van der Waals surface area contributed by atoms with Gasteiger partial charge in [0.2, 0.25) is 5.91 Å². The first-order valence-corrected chi connectivity index (χ1v) is 6.20. The molecule has 1 amide bonds. The summed E-state index contributed by atoms with van der Waals surface area (Å²) in [5, 5.41) is 3.38. The van der Waals surface area contributed by atoms with Crippen LogP contribution in [0, 0.1) is 5.92 Å². The number of carbonyl (C=O) groups excluding carboxylic acids is 1. The van der Waals surface area contributed by atoms with Gasteiger partial charge in [0, 0.05) is 31.6 Å². The smallest absolute Gasteiger partial charge is 0.228 e. The first-order valence-electron chi connectivity index (χ1n) is 5.29. The Bertz CT molecular complexity index is 407. The van der Waals surface area contributed by atoms with Crippen LogP contribution in [0.4, 0.5) is 11.4 Å². The Labute approximate surface area is 112 Å². The van der Waals surface area contributed by atoms with Crippen molar-refractivity contribution < 1.29 is 4.79 Å². The Morgan fingerprint density at radius 1 is 1.47 bits per heavy atom. The van der Waals surface area contributed by atoms with Crippen LogP contribution in [0.25, 0.3) is 0 Å². The molecule has 5 heteroatoms. The average Bonchev–Trinajstić information content (AvgIpc) is 2.27. The molecule has 94 valence electrons. The molecule has 17 heavy (non-hydrogen) atoms. The van der Waals surface area contributed by atoms with Crippen molar-refractivity contribution in [1.29, 1.82) is 0 Å². The lowest BCUT2D eigenvalue weighted by atomic mass is 10.2. The van der Waals surface area contributed by atoms with Gasteiger partial charge in [-0.25, -0.2) is 0 Å². The molecule has 1 atom stereocenters. The molecule has 1 N–H and O–H groups in total. The number of amides is 1. The Morgan fingerprint density at radius 3 is 2.59 bits per heavy atom. The third-order valence-corrected chi connectivity index (χ3v) is 3.14. The lowest BCUT2D eigenvalue weighted by Crippen LogP contribution is -2.21. The number of nitrogens with one attached hydrogen (secondary N) is 1. The maximum Gasteiger partial charge on any atom is 0.228 e. The SMILES string of the molecule is CC(CCl)C(=O)Nc1ccc(N(C)C)c(Cl)c1. The van der Waals surface area contributed by atoms with E-state index in [0.29, 0.717) is 16.6 Å². The number of nitrogens with zero attached hydrogens (tertiary/aromatic N) is 1. The molecule has 0 spiro atoms. The molecule has 1 unspecified atom stereocenters. The van der Waals surface area contributed by atoms with E-state index >= 15 is 0 Å². The van der Waals surface area contributed by atoms with E-state index in [9.17, 15) is 4.79 Å². The van der Waals surface area contributed by atoms with Crippen LogP contribution >= 0.6 is 23.2 Å². The third kappa shape index (κ3) is 3.79. The summed E-state index contributed by atoms with van der Waals surface area (Å²) in [7, 11) is 3.82. The summed E-state index contributed by atoms with van der Waals surface area (Å²) in [5.41, 5.74) is 1.60. The van der Waals surface area contributed by atoms with Gasteiger partial charge in [0.25, 0.3) is 0 Å². The van der Waals surface area contributed by atoms with Crippen LogP contribution in [0.3, 0.4) is 0 Å². The molecule has 1 aromatic rings. The number of alkyl halides is 1.